The largest absolute Gasteiger partial charge is 0.488 e. The lowest BCUT2D eigenvalue weighted by Crippen LogP contribution is -2.29. The van der Waals surface area contributed by atoms with Crippen LogP contribution in [-0.4, -0.2) is 27.1 Å². The third-order valence-electron chi connectivity index (χ3n) is 1.73. The molecule has 0 aliphatic heterocycles. The van der Waals surface area contributed by atoms with Crippen LogP contribution in [0.25, 0.3) is 10.7 Å². The molecule has 0 fully saturated rings. The Morgan fingerprint density at radius 2 is 2.07 bits per heavy atom. The van der Waals surface area contributed by atoms with E-state index >= 15 is 0 Å². The van der Waals surface area contributed by atoms with Gasteiger partial charge in [0.25, 0.3) is 0 Å². The predicted octanol–water partition coefficient (Wildman–Crippen LogP) is -0.115. The molecule has 0 radical (unpaired) electrons. The monoisotopic (exact) mass is 206 g/mol. The van der Waals surface area contributed by atoms with E-state index in [0.29, 0.717) is 11.2 Å². The maximum atomic E-state index is 8.96. The second-order valence-electron chi connectivity index (χ2n) is 2.69. The van der Waals surface area contributed by atoms with Gasteiger partial charge in [-0.1, -0.05) is 0 Å². The van der Waals surface area contributed by atoms with E-state index in [-0.39, 0.29) is 0 Å². The smallest absolute Gasteiger partial charge is 0.423 e. The van der Waals surface area contributed by atoms with Gasteiger partial charge in [0.2, 0.25) is 0 Å². The standard InChI is InChI=1S/C8H7BN2O2S/c12-9(13)6-1-2-10-7(5-6)8-11-3-4-14-8/h1-5,12-13H. The van der Waals surface area contributed by atoms with Crippen molar-refractivity contribution in [3.8, 4) is 10.7 Å². The Balaban J connectivity index is 2.41. The number of rotatable bonds is 2. The van der Waals surface area contributed by atoms with E-state index in [1.807, 2.05) is 5.38 Å². The Kier molecular flexibility index (Phi) is 2.58. The highest BCUT2D eigenvalue weighted by atomic mass is 32.1. The molecule has 0 saturated carbocycles. The van der Waals surface area contributed by atoms with Gasteiger partial charge in [-0.25, -0.2) is 4.98 Å². The summed E-state index contributed by atoms with van der Waals surface area (Å²) in [6.07, 6.45) is 3.22. The molecule has 0 bridgehead atoms. The lowest BCUT2D eigenvalue weighted by atomic mass is 9.81. The minimum absolute atomic E-state index is 0.421. The summed E-state index contributed by atoms with van der Waals surface area (Å²) in [7, 11) is -1.46. The highest BCUT2D eigenvalue weighted by Gasteiger charge is 2.12. The summed E-state index contributed by atoms with van der Waals surface area (Å²) in [5.41, 5.74) is 1.08. The first kappa shape index (κ1) is 9.33. The molecule has 2 heterocycles. The summed E-state index contributed by atoms with van der Waals surface area (Å²) in [6.45, 7) is 0. The second-order valence-corrected chi connectivity index (χ2v) is 3.58. The molecular weight excluding hydrogens is 199 g/mol. The Bertz CT molecular complexity index is 419. The van der Waals surface area contributed by atoms with Gasteiger partial charge in [0.15, 0.2) is 0 Å². The molecule has 4 nitrogen and oxygen atoms in total. The third kappa shape index (κ3) is 1.82. The number of thiazole rings is 1. The zero-order valence-electron chi connectivity index (χ0n) is 7.16. The van der Waals surface area contributed by atoms with Crippen LogP contribution in [0.1, 0.15) is 0 Å². The van der Waals surface area contributed by atoms with Gasteiger partial charge in [-0.05, 0) is 17.6 Å². The highest BCUT2D eigenvalue weighted by molar-refractivity contribution is 7.13. The summed E-state index contributed by atoms with van der Waals surface area (Å²) >= 11 is 1.46. The maximum absolute atomic E-state index is 8.96. The van der Waals surface area contributed by atoms with Gasteiger partial charge < -0.3 is 10.0 Å². The molecule has 0 atom stereocenters. The topological polar surface area (TPSA) is 66.2 Å². The Morgan fingerprint density at radius 1 is 1.21 bits per heavy atom. The molecule has 0 aliphatic carbocycles. The molecule has 14 heavy (non-hydrogen) atoms. The van der Waals surface area contributed by atoms with Crippen molar-refractivity contribution in [2.75, 3.05) is 0 Å². The van der Waals surface area contributed by atoms with Crippen LogP contribution in [-0.2, 0) is 0 Å². The van der Waals surface area contributed by atoms with Crippen LogP contribution in [0.3, 0.4) is 0 Å². The maximum Gasteiger partial charge on any atom is 0.488 e. The normalized spacial score (nSPS) is 10.1. The van der Waals surface area contributed by atoms with Crippen LogP contribution in [0.5, 0.6) is 0 Å². The fourth-order valence-corrected chi connectivity index (χ4v) is 1.68. The van der Waals surface area contributed by atoms with E-state index in [4.69, 9.17) is 10.0 Å². The molecule has 0 aromatic carbocycles. The Morgan fingerprint density at radius 3 is 2.71 bits per heavy atom. The fourth-order valence-electron chi connectivity index (χ4n) is 1.07. The van der Waals surface area contributed by atoms with Gasteiger partial charge in [0.1, 0.15) is 5.01 Å². The van der Waals surface area contributed by atoms with Gasteiger partial charge >= 0.3 is 7.12 Å². The zero-order chi connectivity index (χ0) is 9.97. The Hall–Kier alpha value is -1.24. The molecule has 2 N–H and O–H groups in total. The quantitative estimate of drug-likeness (QED) is 0.672. The average molecular weight is 206 g/mol. The first-order valence-corrected chi connectivity index (χ1v) is 4.87. The van der Waals surface area contributed by atoms with Crippen LogP contribution >= 0.6 is 11.3 Å². The average Bonchev–Trinajstić information content (AvgIpc) is 2.71. The minimum Gasteiger partial charge on any atom is -0.423 e. The minimum atomic E-state index is -1.46. The van der Waals surface area contributed by atoms with Crippen molar-refractivity contribution in [2.24, 2.45) is 0 Å². The van der Waals surface area contributed by atoms with E-state index in [2.05, 4.69) is 9.97 Å². The number of hydrogen-bond acceptors (Lipinski definition) is 5. The molecule has 2 rings (SSSR count). The van der Waals surface area contributed by atoms with E-state index in [1.165, 1.54) is 17.5 Å². The number of nitrogens with zero attached hydrogens (tertiary/aromatic N) is 2. The molecule has 70 valence electrons. The summed E-state index contributed by atoms with van der Waals surface area (Å²) in [5.74, 6) is 0. The molecule has 0 unspecified atom stereocenters. The lowest BCUT2D eigenvalue weighted by Gasteiger charge is -2.00. The zero-order valence-corrected chi connectivity index (χ0v) is 7.98. The number of aromatic nitrogens is 2. The molecule has 0 spiro atoms. The van der Waals surface area contributed by atoms with E-state index < -0.39 is 7.12 Å². The first-order valence-electron chi connectivity index (χ1n) is 3.99. The van der Waals surface area contributed by atoms with Crippen molar-refractivity contribution >= 4 is 23.9 Å². The molecule has 2 aromatic heterocycles. The van der Waals surface area contributed by atoms with Crippen LogP contribution in [0.15, 0.2) is 29.9 Å². The summed E-state index contributed by atoms with van der Waals surface area (Å²) in [4.78, 5) is 8.17. The lowest BCUT2D eigenvalue weighted by molar-refractivity contribution is 0.425. The van der Waals surface area contributed by atoms with Crippen LogP contribution in [0.2, 0.25) is 0 Å². The Labute approximate surface area is 85.0 Å². The van der Waals surface area contributed by atoms with Crippen LogP contribution < -0.4 is 5.46 Å². The van der Waals surface area contributed by atoms with E-state index in [0.717, 1.165) is 5.01 Å². The van der Waals surface area contributed by atoms with E-state index in [1.54, 1.807) is 18.3 Å². The van der Waals surface area contributed by atoms with Crippen molar-refractivity contribution in [2.45, 2.75) is 0 Å². The molecular formula is C8H7BN2O2S. The summed E-state index contributed by atoms with van der Waals surface area (Å²) in [5, 5.41) is 20.5. The molecule has 0 amide bonds. The van der Waals surface area contributed by atoms with Gasteiger partial charge in [-0.3, -0.25) is 4.98 Å². The van der Waals surface area contributed by atoms with Crippen molar-refractivity contribution in [1.82, 2.24) is 9.97 Å². The highest BCUT2D eigenvalue weighted by Crippen LogP contribution is 2.17. The van der Waals surface area contributed by atoms with Gasteiger partial charge in [0, 0.05) is 17.8 Å². The summed E-state index contributed by atoms with van der Waals surface area (Å²) in [6, 6.07) is 3.17. The van der Waals surface area contributed by atoms with Gasteiger partial charge in [-0.15, -0.1) is 11.3 Å². The molecule has 0 saturated heterocycles. The molecule has 6 heteroatoms. The predicted molar refractivity (Wildman–Crippen MR) is 55.2 cm³/mol. The van der Waals surface area contributed by atoms with Crippen molar-refractivity contribution in [3.63, 3.8) is 0 Å². The third-order valence-corrected chi connectivity index (χ3v) is 2.53. The van der Waals surface area contributed by atoms with Crippen LogP contribution in [0, 0.1) is 0 Å². The molecule has 2 aromatic rings. The van der Waals surface area contributed by atoms with Crippen molar-refractivity contribution in [3.05, 3.63) is 29.9 Å². The second kappa shape index (κ2) is 3.87. The van der Waals surface area contributed by atoms with Crippen LogP contribution in [0.4, 0.5) is 0 Å². The SMILES string of the molecule is OB(O)c1ccnc(-c2nccs2)c1. The molecule has 0 aliphatic rings. The van der Waals surface area contributed by atoms with E-state index in [9.17, 15) is 0 Å². The van der Waals surface area contributed by atoms with Gasteiger partial charge in [-0.2, -0.15) is 0 Å². The van der Waals surface area contributed by atoms with Gasteiger partial charge in [0.05, 0.1) is 5.69 Å². The van der Waals surface area contributed by atoms with Crippen molar-refractivity contribution < 1.29 is 10.0 Å². The van der Waals surface area contributed by atoms with Crippen molar-refractivity contribution in [1.29, 1.82) is 0 Å². The number of pyridine rings is 1. The number of hydrogen-bond donors (Lipinski definition) is 2. The fraction of sp³-hybridized carbons (Fsp3) is 0. The summed E-state index contributed by atoms with van der Waals surface area (Å²) < 4.78 is 0. The first-order chi connectivity index (χ1) is 6.77.